The highest BCUT2D eigenvalue weighted by molar-refractivity contribution is 5.79. The van der Waals surface area contributed by atoms with Gasteiger partial charge in [-0.05, 0) is 49.6 Å². The largest absolute Gasteiger partial charge is 0.493 e. The van der Waals surface area contributed by atoms with E-state index in [2.05, 4.69) is 51.5 Å². The van der Waals surface area contributed by atoms with E-state index in [0.29, 0.717) is 6.54 Å². The van der Waals surface area contributed by atoms with E-state index in [0.717, 1.165) is 54.9 Å². The number of benzene rings is 1. The van der Waals surface area contributed by atoms with E-state index in [1.165, 1.54) is 5.56 Å². The average Bonchev–Trinajstić information content (AvgIpc) is 2.77. The number of nitrogens with one attached hydrogen (secondary N) is 2. The Morgan fingerprint density at radius 3 is 2.31 bits per heavy atom. The molecule has 2 aromatic rings. The van der Waals surface area contributed by atoms with E-state index in [-0.39, 0.29) is 0 Å². The van der Waals surface area contributed by atoms with Crippen LogP contribution in [0.4, 0.5) is 5.82 Å². The number of aliphatic imine (C=N–C) groups is 1. The van der Waals surface area contributed by atoms with Crippen LogP contribution in [0.3, 0.4) is 0 Å². The lowest BCUT2D eigenvalue weighted by Crippen LogP contribution is -2.37. The van der Waals surface area contributed by atoms with E-state index in [4.69, 9.17) is 9.47 Å². The second kappa shape index (κ2) is 11.8. The number of ether oxygens (including phenoxy) is 2. The van der Waals surface area contributed by atoms with Gasteiger partial charge in [0.1, 0.15) is 5.82 Å². The van der Waals surface area contributed by atoms with Crippen LogP contribution in [0.1, 0.15) is 25.0 Å². The van der Waals surface area contributed by atoms with Gasteiger partial charge in [0, 0.05) is 39.4 Å². The zero-order valence-electron chi connectivity index (χ0n) is 18.2. The molecule has 158 valence electrons. The van der Waals surface area contributed by atoms with E-state index < -0.39 is 0 Å². The molecule has 0 radical (unpaired) electrons. The molecule has 0 spiro atoms. The van der Waals surface area contributed by atoms with E-state index in [1.54, 1.807) is 21.3 Å². The summed E-state index contributed by atoms with van der Waals surface area (Å²) in [5, 5.41) is 6.67. The van der Waals surface area contributed by atoms with Crippen LogP contribution in [0.25, 0.3) is 0 Å². The molecule has 0 fully saturated rings. The summed E-state index contributed by atoms with van der Waals surface area (Å²) in [7, 11) is 5.06. The van der Waals surface area contributed by atoms with Gasteiger partial charge in [-0.2, -0.15) is 0 Å². The molecule has 1 heterocycles. The van der Waals surface area contributed by atoms with Crippen LogP contribution in [-0.2, 0) is 13.0 Å². The summed E-state index contributed by atoms with van der Waals surface area (Å²) >= 11 is 0. The minimum absolute atomic E-state index is 0.668. The van der Waals surface area contributed by atoms with Gasteiger partial charge in [-0.1, -0.05) is 12.1 Å². The highest BCUT2D eigenvalue weighted by Crippen LogP contribution is 2.27. The van der Waals surface area contributed by atoms with Gasteiger partial charge in [-0.25, -0.2) is 4.98 Å². The summed E-state index contributed by atoms with van der Waals surface area (Å²) < 4.78 is 10.6. The molecule has 0 amide bonds. The Kier molecular flexibility index (Phi) is 9.08. The monoisotopic (exact) mass is 399 g/mol. The Morgan fingerprint density at radius 1 is 1.00 bits per heavy atom. The van der Waals surface area contributed by atoms with Gasteiger partial charge in [0.05, 0.1) is 14.2 Å². The Morgan fingerprint density at radius 2 is 1.72 bits per heavy atom. The topological polar surface area (TPSA) is 71.0 Å². The van der Waals surface area contributed by atoms with Crippen molar-refractivity contribution in [3.05, 3.63) is 47.7 Å². The van der Waals surface area contributed by atoms with Crippen molar-refractivity contribution in [2.24, 2.45) is 4.99 Å². The van der Waals surface area contributed by atoms with Crippen LogP contribution in [0.5, 0.6) is 11.5 Å². The Bertz CT molecular complexity index is 773. The fraction of sp³-hybridized carbons (Fsp3) is 0.455. The summed E-state index contributed by atoms with van der Waals surface area (Å²) in [6, 6.07) is 10.1. The lowest BCUT2D eigenvalue weighted by atomic mass is 10.1. The Labute approximate surface area is 174 Å². The summed E-state index contributed by atoms with van der Waals surface area (Å²) in [6.45, 7) is 7.61. The maximum atomic E-state index is 5.36. The predicted molar refractivity (Wildman–Crippen MR) is 119 cm³/mol. The molecule has 2 N–H and O–H groups in total. The number of nitrogens with zero attached hydrogens (tertiary/aromatic N) is 3. The third kappa shape index (κ3) is 6.55. The third-order valence-electron chi connectivity index (χ3n) is 4.73. The molecule has 1 aromatic carbocycles. The summed E-state index contributed by atoms with van der Waals surface area (Å²) in [5.74, 6) is 3.25. The Hall–Kier alpha value is -2.96. The highest BCUT2D eigenvalue weighted by atomic mass is 16.5. The first-order chi connectivity index (χ1) is 14.1. The summed E-state index contributed by atoms with van der Waals surface area (Å²) in [6.07, 6.45) is 2.76. The smallest absolute Gasteiger partial charge is 0.191 e. The Balaban J connectivity index is 1.82. The maximum Gasteiger partial charge on any atom is 0.191 e. The molecule has 0 saturated carbocycles. The maximum absolute atomic E-state index is 5.36. The van der Waals surface area contributed by atoms with Crippen molar-refractivity contribution < 1.29 is 9.47 Å². The lowest BCUT2D eigenvalue weighted by molar-refractivity contribution is 0.354. The number of methoxy groups -OCH3 is 2. The van der Waals surface area contributed by atoms with Gasteiger partial charge in [0.15, 0.2) is 17.5 Å². The molecule has 0 aliphatic carbocycles. The van der Waals surface area contributed by atoms with Crippen molar-refractivity contribution in [3.8, 4) is 11.5 Å². The van der Waals surface area contributed by atoms with Gasteiger partial charge >= 0.3 is 0 Å². The highest BCUT2D eigenvalue weighted by Gasteiger charge is 2.06. The van der Waals surface area contributed by atoms with Gasteiger partial charge in [-0.15, -0.1) is 0 Å². The van der Waals surface area contributed by atoms with E-state index in [9.17, 15) is 0 Å². The van der Waals surface area contributed by atoms with Gasteiger partial charge in [0.25, 0.3) is 0 Å². The van der Waals surface area contributed by atoms with Crippen LogP contribution < -0.4 is 25.0 Å². The van der Waals surface area contributed by atoms with Crippen LogP contribution in [0.2, 0.25) is 0 Å². The molecule has 0 saturated heterocycles. The van der Waals surface area contributed by atoms with Gasteiger partial charge < -0.3 is 25.0 Å². The van der Waals surface area contributed by atoms with Crippen molar-refractivity contribution >= 4 is 11.8 Å². The molecule has 7 heteroatoms. The first kappa shape index (κ1) is 22.3. The first-order valence-corrected chi connectivity index (χ1v) is 10.00. The molecule has 0 aliphatic rings. The van der Waals surface area contributed by atoms with Gasteiger partial charge in [-0.3, -0.25) is 4.99 Å². The number of hydrogen-bond acceptors (Lipinski definition) is 5. The third-order valence-corrected chi connectivity index (χ3v) is 4.73. The average molecular weight is 400 g/mol. The van der Waals surface area contributed by atoms with E-state index >= 15 is 0 Å². The summed E-state index contributed by atoms with van der Waals surface area (Å²) in [5.41, 5.74) is 2.28. The zero-order valence-corrected chi connectivity index (χ0v) is 18.2. The quantitative estimate of drug-likeness (QED) is 0.473. The predicted octanol–water partition coefficient (Wildman–Crippen LogP) is 2.85. The molecule has 0 bridgehead atoms. The molecular formula is C22H33N5O2. The van der Waals surface area contributed by atoms with Crippen LogP contribution >= 0.6 is 0 Å². The molecular weight excluding hydrogens is 366 g/mol. The lowest BCUT2D eigenvalue weighted by Gasteiger charge is -2.19. The molecule has 0 aliphatic heterocycles. The second-order valence-electron chi connectivity index (χ2n) is 6.49. The van der Waals surface area contributed by atoms with Crippen molar-refractivity contribution in [2.75, 3.05) is 45.8 Å². The number of aromatic nitrogens is 1. The second-order valence-corrected chi connectivity index (χ2v) is 6.49. The SMILES string of the molecule is CCN(CC)c1ccc(CNC(=NC)NCCc2ccc(OC)c(OC)c2)cn1. The normalized spacial score (nSPS) is 11.1. The fourth-order valence-corrected chi connectivity index (χ4v) is 3.02. The fourth-order valence-electron chi connectivity index (χ4n) is 3.02. The van der Waals surface area contributed by atoms with E-state index in [1.807, 2.05) is 24.4 Å². The number of rotatable bonds is 10. The molecule has 0 unspecified atom stereocenters. The van der Waals surface area contributed by atoms with Crippen molar-refractivity contribution in [2.45, 2.75) is 26.8 Å². The summed E-state index contributed by atoms with van der Waals surface area (Å²) in [4.78, 5) is 11.1. The number of anilines is 1. The number of hydrogen-bond donors (Lipinski definition) is 2. The van der Waals surface area contributed by atoms with Crippen molar-refractivity contribution in [1.82, 2.24) is 15.6 Å². The molecule has 2 rings (SSSR count). The first-order valence-electron chi connectivity index (χ1n) is 10.00. The minimum atomic E-state index is 0.668. The van der Waals surface area contributed by atoms with Crippen molar-refractivity contribution in [1.29, 1.82) is 0 Å². The zero-order chi connectivity index (χ0) is 21.1. The van der Waals surface area contributed by atoms with Crippen LogP contribution in [0.15, 0.2) is 41.5 Å². The van der Waals surface area contributed by atoms with Crippen molar-refractivity contribution in [3.63, 3.8) is 0 Å². The number of pyridine rings is 1. The molecule has 29 heavy (non-hydrogen) atoms. The molecule has 7 nitrogen and oxygen atoms in total. The van der Waals surface area contributed by atoms with Crippen LogP contribution in [0, 0.1) is 0 Å². The standard InChI is InChI=1S/C22H33N5O2/c1-6-27(7-2)21-11-9-18(15-25-21)16-26-22(23-3)24-13-12-17-8-10-19(28-4)20(14-17)29-5/h8-11,14-15H,6-7,12-13,16H2,1-5H3,(H2,23,24,26). The molecule has 0 atom stereocenters. The van der Waals surface area contributed by atoms with Gasteiger partial charge in [0.2, 0.25) is 0 Å². The minimum Gasteiger partial charge on any atom is -0.493 e. The molecule has 1 aromatic heterocycles. The van der Waals surface area contributed by atoms with Crippen LogP contribution in [-0.4, -0.2) is 51.8 Å². The number of guanidine groups is 1.